The highest BCUT2D eigenvalue weighted by Crippen LogP contribution is 2.11. The summed E-state index contributed by atoms with van der Waals surface area (Å²) in [6.45, 7) is 0. The Kier molecular flexibility index (Phi) is 2.50. The Morgan fingerprint density at radius 3 is 2.45 bits per heavy atom. The standard InChI is InChI=1S/C12H9N5O3/c13-16-11(19)8-6-14-17(7-4-2-1-3-5-7)9(8)15-10(18)12(16)20/h1-6H,13H2,(H,15,18). The second kappa shape index (κ2) is 4.19. The average Bonchev–Trinajstić information content (AvgIpc) is 2.86. The molecular formula is C12H9N5O3. The topological polar surface area (TPSA) is 116 Å². The quantitative estimate of drug-likeness (QED) is 0.433. The molecular weight excluding hydrogens is 262 g/mol. The van der Waals surface area contributed by atoms with Crippen molar-refractivity contribution < 1.29 is 0 Å². The van der Waals surface area contributed by atoms with E-state index in [0.29, 0.717) is 5.69 Å². The van der Waals surface area contributed by atoms with Crippen LogP contribution < -0.4 is 22.5 Å². The van der Waals surface area contributed by atoms with Gasteiger partial charge in [0.15, 0.2) is 0 Å². The normalized spacial score (nSPS) is 10.8. The van der Waals surface area contributed by atoms with E-state index in [2.05, 4.69) is 10.1 Å². The fourth-order valence-corrected chi connectivity index (χ4v) is 1.88. The summed E-state index contributed by atoms with van der Waals surface area (Å²) >= 11 is 0. The van der Waals surface area contributed by atoms with Gasteiger partial charge in [-0.05, 0) is 12.1 Å². The van der Waals surface area contributed by atoms with Crippen molar-refractivity contribution >= 4 is 11.0 Å². The SMILES string of the molecule is Nn1c(=O)c(=O)[nH]c2c(cnn2-c2ccccc2)c1=O. The van der Waals surface area contributed by atoms with Gasteiger partial charge in [0.2, 0.25) is 0 Å². The van der Waals surface area contributed by atoms with Gasteiger partial charge in [-0.3, -0.25) is 14.4 Å². The molecule has 0 unspecified atom stereocenters. The number of H-pyrrole nitrogens is 1. The van der Waals surface area contributed by atoms with Crippen molar-refractivity contribution in [1.29, 1.82) is 0 Å². The minimum Gasteiger partial charge on any atom is -0.333 e. The van der Waals surface area contributed by atoms with Crippen LogP contribution in [-0.4, -0.2) is 19.4 Å². The van der Waals surface area contributed by atoms with E-state index >= 15 is 0 Å². The van der Waals surface area contributed by atoms with Crippen LogP contribution in [0.5, 0.6) is 0 Å². The molecule has 0 aliphatic rings. The van der Waals surface area contributed by atoms with Crippen LogP contribution in [-0.2, 0) is 0 Å². The molecule has 0 bridgehead atoms. The van der Waals surface area contributed by atoms with E-state index in [4.69, 9.17) is 5.84 Å². The smallest absolute Gasteiger partial charge is 0.333 e. The predicted octanol–water partition coefficient (Wildman–Crippen LogP) is -1.05. The van der Waals surface area contributed by atoms with Gasteiger partial charge in [-0.2, -0.15) is 9.77 Å². The second-order valence-electron chi connectivity index (χ2n) is 4.09. The van der Waals surface area contributed by atoms with Crippen LogP contribution >= 0.6 is 0 Å². The maximum Gasteiger partial charge on any atom is 0.337 e. The molecule has 3 aromatic rings. The molecule has 0 amide bonds. The first kappa shape index (κ1) is 11.9. The van der Waals surface area contributed by atoms with Crippen LogP contribution in [0.3, 0.4) is 0 Å². The lowest BCUT2D eigenvalue weighted by atomic mass is 10.3. The Hall–Kier alpha value is -3.16. The van der Waals surface area contributed by atoms with E-state index in [9.17, 15) is 14.4 Å². The zero-order chi connectivity index (χ0) is 14.3. The van der Waals surface area contributed by atoms with Gasteiger partial charge < -0.3 is 10.8 Å². The molecule has 0 aliphatic heterocycles. The van der Waals surface area contributed by atoms with Crippen molar-refractivity contribution in [3.8, 4) is 5.69 Å². The van der Waals surface area contributed by atoms with E-state index in [1.807, 2.05) is 6.07 Å². The van der Waals surface area contributed by atoms with Crippen LogP contribution in [0.15, 0.2) is 50.9 Å². The van der Waals surface area contributed by atoms with Crippen LogP contribution in [0, 0.1) is 0 Å². The number of nitrogens with one attached hydrogen (secondary N) is 1. The van der Waals surface area contributed by atoms with E-state index in [0.717, 1.165) is 0 Å². The minimum atomic E-state index is -1.12. The number of aromatic amines is 1. The molecule has 0 fully saturated rings. The van der Waals surface area contributed by atoms with Gasteiger partial charge >= 0.3 is 11.1 Å². The van der Waals surface area contributed by atoms with Crippen molar-refractivity contribution in [2.24, 2.45) is 0 Å². The number of hydrogen-bond donors (Lipinski definition) is 2. The largest absolute Gasteiger partial charge is 0.337 e. The molecule has 8 heteroatoms. The summed E-state index contributed by atoms with van der Waals surface area (Å²) in [5, 5.41) is 4.09. The number of fused-ring (bicyclic) bond motifs is 1. The van der Waals surface area contributed by atoms with E-state index < -0.39 is 16.7 Å². The first-order chi connectivity index (χ1) is 9.59. The highest BCUT2D eigenvalue weighted by molar-refractivity contribution is 5.74. The summed E-state index contributed by atoms with van der Waals surface area (Å²) in [4.78, 5) is 37.5. The molecule has 1 aromatic carbocycles. The van der Waals surface area contributed by atoms with E-state index in [-0.39, 0.29) is 15.7 Å². The Labute approximate surface area is 110 Å². The summed E-state index contributed by atoms with van der Waals surface area (Å²) < 4.78 is 1.63. The predicted molar refractivity (Wildman–Crippen MR) is 72.4 cm³/mol. The van der Waals surface area contributed by atoms with E-state index in [1.54, 1.807) is 24.3 Å². The van der Waals surface area contributed by atoms with Crippen LogP contribution in [0.1, 0.15) is 0 Å². The molecule has 2 heterocycles. The molecule has 3 rings (SSSR count). The molecule has 0 spiro atoms. The summed E-state index contributed by atoms with van der Waals surface area (Å²) in [5.41, 5.74) is -2.14. The number of aromatic nitrogens is 4. The van der Waals surface area contributed by atoms with Gasteiger partial charge in [0, 0.05) is 0 Å². The maximum atomic E-state index is 12.0. The molecule has 3 N–H and O–H groups in total. The molecule has 100 valence electrons. The maximum absolute atomic E-state index is 12.0. The van der Waals surface area contributed by atoms with Crippen molar-refractivity contribution in [3.63, 3.8) is 0 Å². The van der Waals surface area contributed by atoms with Crippen LogP contribution in [0.4, 0.5) is 0 Å². The Morgan fingerprint density at radius 1 is 1.05 bits per heavy atom. The number of nitrogen functional groups attached to an aromatic ring is 1. The number of nitrogens with two attached hydrogens (primary N) is 1. The third kappa shape index (κ3) is 1.62. The fourth-order valence-electron chi connectivity index (χ4n) is 1.88. The monoisotopic (exact) mass is 271 g/mol. The van der Waals surface area contributed by atoms with Gasteiger partial charge in [-0.1, -0.05) is 18.2 Å². The van der Waals surface area contributed by atoms with Gasteiger partial charge in [-0.25, -0.2) is 4.68 Å². The summed E-state index contributed by atoms with van der Waals surface area (Å²) in [6.07, 6.45) is 1.25. The average molecular weight is 271 g/mol. The second-order valence-corrected chi connectivity index (χ2v) is 4.09. The van der Waals surface area contributed by atoms with E-state index in [1.165, 1.54) is 10.9 Å². The Bertz CT molecular complexity index is 968. The fraction of sp³-hybridized carbons (Fsp3) is 0. The third-order valence-corrected chi connectivity index (χ3v) is 2.86. The van der Waals surface area contributed by atoms with Crippen molar-refractivity contribution in [1.82, 2.24) is 19.4 Å². The number of para-hydroxylation sites is 1. The Morgan fingerprint density at radius 2 is 1.75 bits per heavy atom. The first-order valence-electron chi connectivity index (χ1n) is 5.67. The molecule has 8 nitrogen and oxygen atoms in total. The van der Waals surface area contributed by atoms with Crippen LogP contribution in [0.25, 0.3) is 16.7 Å². The highest BCUT2D eigenvalue weighted by atomic mass is 16.2. The van der Waals surface area contributed by atoms with Crippen molar-refractivity contribution in [3.05, 3.63) is 67.6 Å². The zero-order valence-corrected chi connectivity index (χ0v) is 10.1. The summed E-state index contributed by atoms with van der Waals surface area (Å²) in [5.74, 6) is 5.31. The highest BCUT2D eigenvalue weighted by Gasteiger charge is 2.11. The van der Waals surface area contributed by atoms with Crippen LogP contribution in [0.2, 0.25) is 0 Å². The van der Waals surface area contributed by atoms with Crippen molar-refractivity contribution in [2.75, 3.05) is 5.84 Å². The van der Waals surface area contributed by atoms with Gasteiger partial charge in [0.1, 0.15) is 11.0 Å². The molecule has 2 aromatic heterocycles. The molecule has 0 aliphatic carbocycles. The molecule has 0 saturated carbocycles. The van der Waals surface area contributed by atoms with Gasteiger partial charge in [-0.15, -0.1) is 0 Å². The number of benzene rings is 1. The lowest BCUT2D eigenvalue weighted by molar-refractivity contribution is 0.876. The Balaban J connectivity index is 2.52. The summed E-state index contributed by atoms with van der Waals surface area (Å²) in [7, 11) is 0. The zero-order valence-electron chi connectivity index (χ0n) is 10.1. The van der Waals surface area contributed by atoms with Gasteiger partial charge in [0.05, 0.1) is 11.9 Å². The molecule has 20 heavy (non-hydrogen) atoms. The van der Waals surface area contributed by atoms with Crippen molar-refractivity contribution in [2.45, 2.75) is 0 Å². The first-order valence-corrected chi connectivity index (χ1v) is 5.67. The minimum absolute atomic E-state index is 0.0514. The lowest BCUT2D eigenvalue weighted by Gasteiger charge is -2.00. The number of hydrogen-bond acceptors (Lipinski definition) is 5. The summed E-state index contributed by atoms with van der Waals surface area (Å²) in [6, 6.07) is 8.88. The number of nitrogens with zero attached hydrogens (tertiary/aromatic N) is 3. The number of rotatable bonds is 1. The molecule has 0 radical (unpaired) electrons. The lowest BCUT2D eigenvalue weighted by Crippen LogP contribution is -2.43. The van der Waals surface area contributed by atoms with Gasteiger partial charge in [0.25, 0.3) is 5.56 Å². The molecule has 0 atom stereocenters. The molecule has 0 saturated heterocycles. The third-order valence-electron chi connectivity index (χ3n) is 2.86.